The van der Waals surface area contributed by atoms with Crippen molar-refractivity contribution in [3.8, 4) is 5.69 Å². The van der Waals surface area contributed by atoms with Crippen LogP contribution in [0.4, 0.5) is 5.69 Å². The summed E-state index contributed by atoms with van der Waals surface area (Å²) in [5.41, 5.74) is 6.00. The quantitative estimate of drug-likeness (QED) is 0.254. The van der Waals surface area contributed by atoms with Crippen LogP contribution in [0.15, 0.2) is 52.4 Å². The molecule has 35 heavy (non-hydrogen) atoms. The maximum Gasteiger partial charge on any atom is 0.267 e. The molecule has 0 saturated carbocycles. The van der Waals surface area contributed by atoms with Crippen molar-refractivity contribution in [3.63, 3.8) is 0 Å². The molecule has 1 N–H and O–H groups in total. The number of carbonyl (C=O) groups is 1. The van der Waals surface area contributed by atoms with Crippen LogP contribution < -0.4 is 10.9 Å². The number of aromatic nitrogens is 2. The van der Waals surface area contributed by atoms with Crippen LogP contribution >= 0.6 is 23.1 Å². The van der Waals surface area contributed by atoms with Gasteiger partial charge in [0.2, 0.25) is 5.91 Å². The summed E-state index contributed by atoms with van der Waals surface area (Å²) >= 11 is 2.97. The summed E-state index contributed by atoms with van der Waals surface area (Å²) in [5.74, 6) is -0.107. The number of anilines is 1. The molecule has 1 atom stereocenters. The summed E-state index contributed by atoms with van der Waals surface area (Å²) in [4.78, 5) is 34.1. The van der Waals surface area contributed by atoms with E-state index in [2.05, 4.69) is 24.4 Å². The van der Waals surface area contributed by atoms with Crippen molar-refractivity contribution < 1.29 is 4.79 Å². The highest BCUT2D eigenvalue weighted by atomic mass is 32.2. The van der Waals surface area contributed by atoms with Crippen molar-refractivity contribution in [3.05, 3.63) is 79.9 Å². The SMILES string of the molecule is Cc1cc(C)c(NC(=O)[C@@H](C)Sc2nc3sc4c(c3c(=O)n2-c2ccccc2)CCCC4)c(C)c1. The number of nitrogens with one attached hydrogen (secondary N) is 1. The van der Waals surface area contributed by atoms with Crippen molar-refractivity contribution in [1.29, 1.82) is 0 Å². The summed E-state index contributed by atoms with van der Waals surface area (Å²) in [6.07, 6.45) is 4.21. The second kappa shape index (κ2) is 9.63. The van der Waals surface area contributed by atoms with Crippen molar-refractivity contribution >= 4 is 44.9 Å². The van der Waals surface area contributed by atoms with E-state index in [1.165, 1.54) is 27.8 Å². The van der Waals surface area contributed by atoms with Gasteiger partial charge in [-0.3, -0.25) is 14.2 Å². The lowest BCUT2D eigenvalue weighted by Gasteiger charge is -2.18. The summed E-state index contributed by atoms with van der Waals surface area (Å²) in [6.45, 7) is 7.93. The van der Waals surface area contributed by atoms with E-state index < -0.39 is 5.25 Å². The van der Waals surface area contributed by atoms with Gasteiger partial charge in [0.1, 0.15) is 4.83 Å². The van der Waals surface area contributed by atoms with Gasteiger partial charge in [-0.2, -0.15) is 0 Å². The molecule has 2 aromatic carbocycles. The van der Waals surface area contributed by atoms with E-state index >= 15 is 0 Å². The molecule has 0 radical (unpaired) electrons. The number of hydrogen-bond donors (Lipinski definition) is 1. The molecule has 0 aliphatic heterocycles. The minimum absolute atomic E-state index is 0.0408. The van der Waals surface area contributed by atoms with Gasteiger partial charge in [0.15, 0.2) is 5.16 Å². The molecule has 0 bridgehead atoms. The Morgan fingerprint density at radius 3 is 2.49 bits per heavy atom. The third kappa shape index (κ3) is 4.55. The van der Waals surface area contributed by atoms with Crippen LogP contribution in [0, 0.1) is 20.8 Å². The zero-order chi connectivity index (χ0) is 24.7. The number of aryl methyl sites for hydroxylation is 5. The van der Waals surface area contributed by atoms with Gasteiger partial charge in [0.05, 0.1) is 16.3 Å². The minimum Gasteiger partial charge on any atom is -0.325 e. The molecule has 4 aromatic rings. The Kier molecular flexibility index (Phi) is 6.55. The van der Waals surface area contributed by atoms with Crippen LogP contribution in [0.3, 0.4) is 0 Å². The van der Waals surface area contributed by atoms with E-state index in [1.54, 1.807) is 15.9 Å². The molecule has 0 fully saturated rings. The second-order valence-electron chi connectivity index (χ2n) is 9.28. The average Bonchev–Trinajstić information content (AvgIpc) is 3.20. The van der Waals surface area contributed by atoms with Crippen LogP contribution in [0.2, 0.25) is 0 Å². The topological polar surface area (TPSA) is 64.0 Å². The number of thiophene rings is 1. The summed E-state index contributed by atoms with van der Waals surface area (Å²) in [7, 11) is 0. The monoisotopic (exact) mass is 503 g/mol. The summed E-state index contributed by atoms with van der Waals surface area (Å²) in [6, 6.07) is 13.7. The highest BCUT2D eigenvalue weighted by Crippen LogP contribution is 2.36. The van der Waals surface area contributed by atoms with E-state index in [9.17, 15) is 9.59 Å². The highest BCUT2D eigenvalue weighted by Gasteiger charge is 2.25. The molecule has 0 saturated heterocycles. The minimum atomic E-state index is -0.441. The fourth-order valence-electron chi connectivity index (χ4n) is 4.88. The summed E-state index contributed by atoms with van der Waals surface area (Å²) < 4.78 is 1.68. The first-order valence-corrected chi connectivity index (χ1v) is 13.7. The molecule has 1 amide bonds. The van der Waals surface area contributed by atoms with Crippen LogP contribution in [-0.2, 0) is 17.6 Å². The van der Waals surface area contributed by atoms with Crippen molar-refractivity contribution in [2.45, 2.75) is 63.8 Å². The third-order valence-electron chi connectivity index (χ3n) is 6.55. The van der Waals surface area contributed by atoms with E-state index in [1.807, 2.05) is 51.1 Å². The number of nitrogens with zero attached hydrogens (tertiary/aromatic N) is 2. The van der Waals surface area contributed by atoms with Gasteiger partial charge in [-0.25, -0.2) is 4.98 Å². The Morgan fingerprint density at radius 1 is 1.09 bits per heavy atom. The van der Waals surface area contributed by atoms with Crippen LogP contribution in [0.25, 0.3) is 15.9 Å². The molecular formula is C28H29N3O2S2. The molecule has 7 heteroatoms. The Hall–Kier alpha value is -2.90. The number of thioether (sulfide) groups is 1. The maximum atomic E-state index is 13.9. The second-order valence-corrected chi connectivity index (χ2v) is 11.7. The molecule has 1 aliphatic rings. The highest BCUT2D eigenvalue weighted by molar-refractivity contribution is 8.00. The lowest BCUT2D eigenvalue weighted by molar-refractivity contribution is -0.115. The Morgan fingerprint density at radius 2 is 1.77 bits per heavy atom. The number of para-hydroxylation sites is 1. The number of fused-ring (bicyclic) bond motifs is 3. The van der Waals surface area contributed by atoms with E-state index in [0.29, 0.717) is 5.16 Å². The smallest absolute Gasteiger partial charge is 0.267 e. The van der Waals surface area contributed by atoms with Gasteiger partial charge in [-0.15, -0.1) is 11.3 Å². The van der Waals surface area contributed by atoms with Gasteiger partial charge in [-0.1, -0.05) is 47.7 Å². The van der Waals surface area contributed by atoms with E-state index in [-0.39, 0.29) is 11.5 Å². The first-order chi connectivity index (χ1) is 16.8. The lowest BCUT2D eigenvalue weighted by Crippen LogP contribution is -2.26. The van der Waals surface area contributed by atoms with Crippen molar-refractivity contribution in [1.82, 2.24) is 9.55 Å². The average molecular weight is 504 g/mol. The zero-order valence-corrected chi connectivity index (χ0v) is 22.1. The van der Waals surface area contributed by atoms with Crippen LogP contribution in [-0.4, -0.2) is 20.7 Å². The van der Waals surface area contributed by atoms with Crippen LogP contribution in [0.1, 0.15) is 46.9 Å². The number of amides is 1. The predicted molar refractivity (Wildman–Crippen MR) is 146 cm³/mol. The molecule has 0 unspecified atom stereocenters. The fraction of sp³-hybridized carbons (Fsp3) is 0.321. The molecule has 5 nitrogen and oxygen atoms in total. The van der Waals surface area contributed by atoms with Crippen molar-refractivity contribution in [2.24, 2.45) is 0 Å². The first-order valence-electron chi connectivity index (χ1n) is 12.0. The molecule has 5 rings (SSSR count). The largest absolute Gasteiger partial charge is 0.325 e. The molecular weight excluding hydrogens is 474 g/mol. The molecule has 2 heterocycles. The summed E-state index contributed by atoms with van der Waals surface area (Å²) in [5, 5.41) is 3.96. The van der Waals surface area contributed by atoms with E-state index in [4.69, 9.17) is 4.98 Å². The Bertz CT molecular complexity index is 1460. The zero-order valence-electron chi connectivity index (χ0n) is 20.5. The predicted octanol–water partition coefficient (Wildman–Crippen LogP) is 6.37. The third-order valence-corrected chi connectivity index (χ3v) is 8.79. The number of rotatable bonds is 5. The standard InChI is InChI=1S/C28H29N3O2S2/c1-16-14-17(2)24(18(3)15-16)29-25(32)19(4)34-28-30-26-23(21-12-8-9-13-22(21)35-26)27(33)31(28)20-10-6-5-7-11-20/h5-7,10-11,14-15,19H,8-9,12-13H2,1-4H3,(H,29,32)/t19-/m1/s1. The Labute approximate surface area is 213 Å². The van der Waals surface area contributed by atoms with Gasteiger partial charge in [0.25, 0.3) is 5.56 Å². The van der Waals surface area contributed by atoms with Crippen LogP contribution in [0.5, 0.6) is 0 Å². The number of benzene rings is 2. The molecule has 0 spiro atoms. The molecule has 180 valence electrons. The van der Waals surface area contributed by atoms with Gasteiger partial charge < -0.3 is 5.32 Å². The molecule has 2 aromatic heterocycles. The van der Waals surface area contributed by atoms with Gasteiger partial charge >= 0.3 is 0 Å². The van der Waals surface area contributed by atoms with Gasteiger partial charge in [-0.05, 0) is 82.2 Å². The lowest BCUT2D eigenvalue weighted by atomic mass is 9.97. The van der Waals surface area contributed by atoms with Gasteiger partial charge in [0, 0.05) is 10.6 Å². The number of carbonyl (C=O) groups excluding carboxylic acids is 1. The fourth-order valence-corrected chi connectivity index (χ4v) is 7.11. The maximum absolute atomic E-state index is 13.9. The Balaban J connectivity index is 1.54. The first kappa shape index (κ1) is 23.8. The molecule has 1 aliphatic carbocycles. The number of hydrogen-bond acceptors (Lipinski definition) is 5. The van der Waals surface area contributed by atoms with Crippen molar-refractivity contribution in [2.75, 3.05) is 5.32 Å². The normalized spacial score (nSPS) is 14.1. The van der Waals surface area contributed by atoms with E-state index in [0.717, 1.165) is 58.4 Å².